The number of methoxy groups -OCH3 is 1. The number of rotatable bonds is 7. The van der Waals surface area contributed by atoms with Crippen LogP contribution in [0.25, 0.3) is 0 Å². The van der Waals surface area contributed by atoms with Gasteiger partial charge in [0.15, 0.2) is 0 Å². The number of nitrogens with one attached hydrogen (secondary N) is 2. The van der Waals surface area contributed by atoms with Crippen molar-refractivity contribution in [1.82, 2.24) is 5.32 Å². The van der Waals surface area contributed by atoms with Crippen LogP contribution in [-0.2, 0) is 31.0 Å². The van der Waals surface area contributed by atoms with Crippen molar-refractivity contribution in [2.45, 2.75) is 57.1 Å². The molecule has 2 aromatic rings. The first-order chi connectivity index (χ1) is 16.6. The number of benzene rings is 2. The van der Waals surface area contributed by atoms with Crippen LogP contribution in [0.2, 0.25) is 5.02 Å². The van der Waals surface area contributed by atoms with Gasteiger partial charge < -0.3 is 20.1 Å². The van der Waals surface area contributed by atoms with Crippen LogP contribution in [0, 0.1) is 5.92 Å². The first-order valence-corrected chi connectivity index (χ1v) is 12.2. The van der Waals surface area contributed by atoms with E-state index in [0.717, 1.165) is 18.4 Å². The monoisotopic (exact) mass is 498 g/mol. The summed E-state index contributed by atoms with van der Waals surface area (Å²) < 4.78 is 10.6. The van der Waals surface area contributed by atoms with Gasteiger partial charge in [0.2, 0.25) is 11.8 Å². The zero-order valence-electron chi connectivity index (χ0n) is 20.3. The van der Waals surface area contributed by atoms with E-state index in [4.69, 9.17) is 21.1 Å². The van der Waals surface area contributed by atoms with E-state index in [-0.39, 0.29) is 29.9 Å². The van der Waals surface area contributed by atoms with Gasteiger partial charge in [-0.1, -0.05) is 23.7 Å². The molecule has 2 aliphatic rings. The van der Waals surface area contributed by atoms with Gasteiger partial charge in [0.25, 0.3) is 0 Å². The van der Waals surface area contributed by atoms with Crippen LogP contribution in [0.15, 0.2) is 42.5 Å². The molecule has 2 N–H and O–H groups in total. The van der Waals surface area contributed by atoms with E-state index in [2.05, 4.69) is 10.6 Å². The second kappa shape index (κ2) is 9.99. The van der Waals surface area contributed by atoms with Crippen molar-refractivity contribution in [3.8, 4) is 0 Å². The molecule has 2 aromatic carbocycles. The molecule has 0 unspecified atom stereocenters. The molecule has 1 saturated heterocycles. The normalized spacial score (nSPS) is 19.9. The molecule has 35 heavy (non-hydrogen) atoms. The second-order valence-corrected chi connectivity index (χ2v) is 10.4. The molecule has 7 nitrogen and oxygen atoms in total. The van der Waals surface area contributed by atoms with Crippen LogP contribution < -0.4 is 10.6 Å². The SMILES string of the molecule is COC(=O)c1cc(CNC(=O)[C@@H]2CCOC(C)(C)C2)cc(NC(=O)C2(c3ccc(Cl)cc3)CC2)c1. The predicted molar refractivity (Wildman–Crippen MR) is 133 cm³/mol. The Morgan fingerprint density at radius 3 is 2.46 bits per heavy atom. The number of carbonyl (C=O) groups is 3. The summed E-state index contributed by atoms with van der Waals surface area (Å²) in [5.41, 5.74) is 1.46. The number of halogens is 1. The minimum absolute atomic E-state index is 0.0462. The summed E-state index contributed by atoms with van der Waals surface area (Å²) in [5, 5.41) is 6.56. The topological polar surface area (TPSA) is 93.7 Å². The Balaban J connectivity index is 1.49. The molecule has 0 radical (unpaired) electrons. The fourth-order valence-corrected chi connectivity index (χ4v) is 4.81. The van der Waals surface area contributed by atoms with Gasteiger partial charge >= 0.3 is 5.97 Å². The number of esters is 1. The lowest BCUT2D eigenvalue weighted by atomic mass is 9.88. The van der Waals surface area contributed by atoms with Crippen molar-refractivity contribution in [2.75, 3.05) is 19.0 Å². The molecule has 2 fully saturated rings. The van der Waals surface area contributed by atoms with Gasteiger partial charge in [-0.05, 0) is 81.0 Å². The predicted octanol–water partition coefficient (Wildman–Crippen LogP) is 4.62. The van der Waals surface area contributed by atoms with Gasteiger partial charge in [-0.15, -0.1) is 0 Å². The van der Waals surface area contributed by atoms with Gasteiger partial charge in [-0.25, -0.2) is 4.79 Å². The third-order valence-electron chi connectivity index (χ3n) is 6.79. The lowest BCUT2D eigenvalue weighted by Crippen LogP contribution is -2.41. The Hall–Kier alpha value is -2.90. The minimum Gasteiger partial charge on any atom is -0.465 e. The fraction of sp³-hybridized carbons (Fsp3) is 0.444. The van der Waals surface area contributed by atoms with Crippen molar-refractivity contribution >= 4 is 35.1 Å². The zero-order chi connectivity index (χ0) is 25.2. The van der Waals surface area contributed by atoms with Gasteiger partial charge in [0.05, 0.1) is 23.7 Å². The van der Waals surface area contributed by atoms with E-state index >= 15 is 0 Å². The van der Waals surface area contributed by atoms with Crippen molar-refractivity contribution in [3.05, 3.63) is 64.2 Å². The maximum absolute atomic E-state index is 13.2. The number of hydrogen-bond donors (Lipinski definition) is 2. The fourth-order valence-electron chi connectivity index (χ4n) is 4.68. The number of anilines is 1. The summed E-state index contributed by atoms with van der Waals surface area (Å²) in [5.74, 6) is -0.828. The van der Waals surface area contributed by atoms with Crippen molar-refractivity contribution in [2.24, 2.45) is 5.92 Å². The molecule has 0 aromatic heterocycles. The first kappa shape index (κ1) is 25.2. The number of carbonyl (C=O) groups excluding carboxylic acids is 3. The molecule has 1 saturated carbocycles. The first-order valence-electron chi connectivity index (χ1n) is 11.8. The highest BCUT2D eigenvalue weighted by Gasteiger charge is 2.51. The van der Waals surface area contributed by atoms with Crippen molar-refractivity contribution < 1.29 is 23.9 Å². The highest BCUT2D eigenvalue weighted by atomic mass is 35.5. The summed E-state index contributed by atoms with van der Waals surface area (Å²) >= 11 is 6.00. The summed E-state index contributed by atoms with van der Waals surface area (Å²) in [4.78, 5) is 38.3. The van der Waals surface area contributed by atoms with Crippen LogP contribution in [0.3, 0.4) is 0 Å². The Labute approximate surface area is 210 Å². The summed E-state index contributed by atoms with van der Waals surface area (Å²) in [6.45, 7) is 4.75. The average Bonchev–Trinajstić information content (AvgIpc) is 3.64. The molecule has 4 rings (SSSR count). The molecular weight excluding hydrogens is 468 g/mol. The Morgan fingerprint density at radius 1 is 1.11 bits per heavy atom. The largest absolute Gasteiger partial charge is 0.465 e. The third kappa shape index (κ3) is 5.85. The van der Waals surface area contributed by atoms with Crippen LogP contribution >= 0.6 is 11.6 Å². The van der Waals surface area contributed by atoms with Crippen LogP contribution in [0.4, 0.5) is 5.69 Å². The maximum atomic E-state index is 13.2. The molecule has 0 bridgehead atoms. The number of hydrogen-bond acceptors (Lipinski definition) is 5. The van der Waals surface area contributed by atoms with E-state index in [1.807, 2.05) is 26.0 Å². The summed E-state index contributed by atoms with van der Waals surface area (Å²) in [6, 6.07) is 12.3. The molecule has 8 heteroatoms. The molecule has 1 aliphatic carbocycles. The molecule has 0 spiro atoms. The summed E-state index contributed by atoms with van der Waals surface area (Å²) in [6.07, 6.45) is 2.80. The standard InChI is InChI=1S/C27H31ClN2O5/c1-26(2)15-18(8-11-35-26)23(31)29-16-17-12-19(24(32)34-3)14-22(13-17)30-25(33)27(9-10-27)20-4-6-21(28)7-5-20/h4-7,12-14,18H,8-11,15-16H2,1-3H3,(H,29,31)(H,30,33)/t18-/m1/s1. The Bertz CT molecular complexity index is 1120. The molecular formula is C27H31ClN2O5. The lowest BCUT2D eigenvalue weighted by Gasteiger charge is -2.34. The molecule has 1 aliphatic heterocycles. The van der Waals surface area contributed by atoms with Crippen LogP contribution in [0.5, 0.6) is 0 Å². The van der Waals surface area contributed by atoms with E-state index in [0.29, 0.717) is 41.3 Å². The third-order valence-corrected chi connectivity index (χ3v) is 7.04. The van der Waals surface area contributed by atoms with Gasteiger partial charge in [0.1, 0.15) is 0 Å². The number of ether oxygens (including phenoxy) is 2. The van der Waals surface area contributed by atoms with Gasteiger partial charge in [-0.2, -0.15) is 0 Å². The molecule has 186 valence electrons. The number of amides is 2. The second-order valence-electron chi connectivity index (χ2n) is 9.97. The van der Waals surface area contributed by atoms with E-state index < -0.39 is 11.4 Å². The van der Waals surface area contributed by atoms with Gasteiger partial charge in [0, 0.05) is 29.8 Å². The average molecular weight is 499 g/mol. The lowest BCUT2D eigenvalue weighted by molar-refractivity contribution is -0.135. The molecule has 1 heterocycles. The smallest absolute Gasteiger partial charge is 0.337 e. The van der Waals surface area contributed by atoms with Crippen molar-refractivity contribution in [3.63, 3.8) is 0 Å². The van der Waals surface area contributed by atoms with E-state index in [9.17, 15) is 14.4 Å². The van der Waals surface area contributed by atoms with Gasteiger partial charge in [-0.3, -0.25) is 9.59 Å². The molecule has 2 amide bonds. The Morgan fingerprint density at radius 2 is 1.83 bits per heavy atom. The van der Waals surface area contributed by atoms with Crippen molar-refractivity contribution in [1.29, 1.82) is 0 Å². The summed E-state index contributed by atoms with van der Waals surface area (Å²) in [7, 11) is 1.31. The van der Waals surface area contributed by atoms with E-state index in [1.54, 1.807) is 30.3 Å². The Kier molecular flexibility index (Phi) is 7.20. The maximum Gasteiger partial charge on any atom is 0.337 e. The molecule has 1 atom stereocenters. The van der Waals surface area contributed by atoms with Crippen LogP contribution in [-0.4, -0.2) is 37.1 Å². The zero-order valence-corrected chi connectivity index (χ0v) is 21.0. The minimum atomic E-state index is -0.601. The van der Waals surface area contributed by atoms with Crippen LogP contribution in [0.1, 0.15) is 61.0 Å². The highest BCUT2D eigenvalue weighted by molar-refractivity contribution is 6.30. The highest BCUT2D eigenvalue weighted by Crippen LogP contribution is 2.49. The quantitative estimate of drug-likeness (QED) is 0.543. The van der Waals surface area contributed by atoms with E-state index in [1.165, 1.54) is 7.11 Å².